The molecule has 470 valence electrons. The van der Waals surface area contributed by atoms with Crippen LogP contribution in [0, 0.1) is 0 Å². The van der Waals surface area contributed by atoms with Gasteiger partial charge in [0.25, 0.3) is 0 Å². The number of hydrogen-bond donors (Lipinski definition) is 1. The van der Waals surface area contributed by atoms with Gasteiger partial charge in [-0.3, -0.25) is 137 Å². The maximum atomic E-state index is 16.2. The number of amides is 28. The maximum absolute atomic E-state index is 16.2. The van der Waals surface area contributed by atoms with Crippen LogP contribution >= 0.6 is 0 Å². The van der Waals surface area contributed by atoms with Gasteiger partial charge in [-0.1, -0.05) is 0 Å². The van der Waals surface area contributed by atoms with E-state index in [9.17, 15) is 0 Å². The van der Waals surface area contributed by atoms with Gasteiger partial charge in [-0.25, -0.2) is 67.1 Å². The third-order valence-electron chi connectivity index (χ3n) is 24.0. The molecule has 0 aromatic rings. The van der Waals surface area contributed by atoms with Gasteiger partial charge in [0.1, 0.15) is 93.4 Å². The van der Waals surface area contributed by atoms with Crippen LogP contribution in [0.1, 0.15) is 26.2 Å². The van der Waals surface area contributed by atoms with Gasteiger partial charge in [0.15, 0.2) is 85.3 Å². The topological polar surface area (TPSA) is 356 Å². The van der Waals surface area contributed by atoms with E-state index in [0.29, 0.717) is 6.42 Å². The van der Waals surface area contributed by atoms with Crippen LogP contribution in [0.5, 0.6) is 0 Å². The highest BCUT2D eigenvalue weighted by atomic mass is 16.3. The molecular formula is C47H53N29O14. The van der Waals surface area contributed by atoms with E-state index in [1.165, 1.54) is 137 Å². The standard InChI is InChI=1S/C47H53N29O14/c1-46-47(4-2-3-5-48)75-18-71-31-29-67(42(71)87)14-63-27-25-59(38(63)83)10-55-23-21-51(34(55)79)6-49-20-22-53(32(49)77)8-57-24-26-61(36(57)81)12-65-28-30(69(40(65)85)16-73(46)44(75)89)70-17-74(46)45(90)76(47)19-72(31)43(88)68(29)15-64(27)39(84)60(25)11-56(23)35(80)52(21)7-50(20)33(78)54(22)9-58(24)37(82)62(26)13-66(28)41(70)86/h20-31H,2-19,48H2,1H3/t20-,21+,22+,23-,24-,25+,26+,27-,28-,29+,30+,31-,46-,47+. The first-order valence-corrected chi connectivity index (χ1v) is 30.1. The van der Waals surface area contributed by atoms with Crippen molar-refractivity contribution in [3.63, 3.8) is 0 Å². The molecule has 0 aromatic heterocycles. The van der Waals surface area contributed by atoms with Crippen LogP contribution in [0.3, 0.4) is 0 Å². The second-order valence-corrected chi connectivity index (χ2v) is 27.0. The molecule has 21 aliphatic rings. The molecule has 21 aliphatic heterocycles. The van der Waals surface area contributed by atoms with Crippen LogP contribution in [-0.4, -0.2) is 407 Å². The van der Waals surface area contributed by atoms with E-state index in [1.54, 1.807) is 6.92 Å². The van der Waals surface area contributed by atoms with Crippen LogP contribution in [0.4, 0.5) is 67.1 Å². The largest absolute Gasteiger partial charge is 0.330 e. The predicted molar refractivity (Wildman–Crippen MR) is 275 cm³/mol. The normalized spacial score (nSPS) is 40.1. The molecule has 90 heavy (non-hydrogen) atoms. The molecule has 0 aromatic carbocycles. The number of urea groups is 14. The van der Waals surface area contributed by atoms with E-state index in [4.69, 9.17) is 5.73 Å². The summed E-state index contributed by atoms with van der Waals surface area (Å²) < 4.78 is 0. The fourth-order valence-corrected chi connectivity index (χ4v) is 20.3. The maximum Gasteiger partial charge on any atom is 0.326 e. The van der Waals surface area contributed by atoms with Crippen LogP contribution in [0.2, 0.25) is 0 Å². The predicted octanol–water partition coefficient (Wildman–Crippen LogP) is -5.72. The Morgan fingerprint density at radius 1 is 0.244 bits per heavy atom. The lowest BCUT2D eigenvalue weighted by molar-refractivity contribution is -0.120. The summed E-state index contributed by atoms with van der Waals surface area (Å²) in [7, 11) is 0. The highest BCUT2D eigenvalue weighted by Gasteiger charge is 2.82. The quantitative estimate of drug-likeness (QED) is 0.257. The molecule has 0 bridgehead atoms. The van der Waals surface area contributed by atoms with Crippen LogP contribution in [0.25, 0.3) is 0 Å². The van der Waals surface area contributed by atoms with E-state index in [0.717, 1.165) is 0 Å². The van der Waals surface area contributed by atoms with E-state index in [2.05, 4.69) is 0 Å². The lowest BCUT2D eigenvalue weighted by Crippen LogP contribution is -2.72. The molecule has 0 saturated carbocycles. The molecule has 0 aliphatic carbocycles. The molecule has 0 atom stereocenters. The van der Waals surface area contributed by atoms with E-state index < -0.39 is 263 Å². The number of carbonyl (C=O) groups excluding carboxylic acids is 14. The van der Waals surface area contributed by atoms with Gasteiger partial charge < -0.3 is 5.73 Å². The average Bonchev–Trinajstić information content (AvgIpc) is 1.49. The van der Waals surface area contributed by atoms with E-state index in [1.807, 2.05) is 0 Å². The minimum Gasteiger partial charge on any atom is -0.330 e. The van der Waals surface area contributed by atoms with Crippen LogP contribution in [-0.2, 0) is 0 Å². The molecule has 43 heteroatoms. The Balaban J connectivity index is 0.749. The minimum atomic E-state index is -1.82. The third kappa shape index (κ3) is 4.56. The number of hydrogen-bond acceptors (Lipinski definition) is 15. The summed E-state index contributed by atoms with van der Waals surface area (Å²) in [6.45, 7) is -5.57. The first-order valence-electron chi connectivity index (χ1n) is 30.1. The number of rotatable bonds is 4. The Morgan fingerprint density at radius 3 is 0.567 bits per heavy atom. The van der Waals surface area contributed by atoms with Crippen LogP contribution in [0.15, 0.2) is 0 Å². The molecule has 21 saturated heterocycles. The van der Waals surface area contributed by atoms with Crippen LogP contribution < -0.4 is 5.73 Å². The summed E-state index contributed by atoms with van der Waals surface area (Å²) in [5, 5.41) is 0. The molecule has 0 unspecified atom stereocenters. The Kier molecular flexibility index (Phi) is 7.80. The zero-order valence-corrected chi connectivity index (χ0v) is 47.5. The fraction of sp³-hybridized carbons (Fsp3) is 0.702. The average molecular weight is 1250 g/mol. The zero-order chi connectivity index (χ0) is 60.9. The van der Waals surface area contributed by atoms with Crippen molar-refractivity contribution in [3.05, 3.63) is 0 Å². The number of nitrogens with two attached hydrogens (primary N) is 1. The fourth-order valence-electron chi connectivity index (χ4n) is 20.3. The number of nitrogens with zero attached hydrogens (tertiary/aromatic N) is 28. The first-order chi connectivity index (χ1) is 43.3. The molecule has 2 N–H and O–H groups in total. The van der Waals surface area contributed by atoms with Gasteiger partial charge >= 0.3 is 84.4 Å². The molecule has 43 nitrogen and oxygen atoms in total. The number of carbonyl (C=O) groups is 14. The zero-order valence-electron chi connectivity index (χ0n) is 47.5. The summed E-state index contributed by atoms with van der Waals surface area (Å²) in [5.74, 6) is 0. The number of unbranched alkanes of at least 4 members (excludes halogenated alkanes) is 1. The van der Waals surface area contributed by atoms with Gasteiger partial charge in [0.05, 0.1) is 0 Å². The highest BCUT2D eigenvalue weighted by molar-refractivity contribution is 5.96. The van der Waals surface area contributed by atoms with Crippen molar-refractivity contribution in [2.45, 2.75) is 112 Å². The second-order valence-electron chi connectivity index (χ2n) is 27.0. The summed E-state index contributed by atoms with van der Waals surface area (Å²) in [4.78, 5) is 256. The lowest BCUT2D eigenvalue weighted by atomic mass is 9.87. The SMILES string of the molecule is C[C@]12N3CN4C(=O)N5CN6C(=O)N7CN8C(=O)N9CN%10C(=O)N%11CN%12C(=O)N%13CN%14C(=O)N%15CN(C3=O)[C@@]1(CCCCN)N1CN3C(=O)N(CN%16C(=O)N(CN%17C(=O)N(CN%18C(=O)N(CN%19C(=O)N(CN%20C(=O)N(CN2C1=O)[C@H]4[C@@H]%205)[C@H]6[C@@H]%197)[C@H]8[C@@H]%189)[C@H]%10[C@@H]%17%11)[C@H]%12[C@@H]%16%13)[C@H]%14[C@@H]3%15. The van der Waals surface area contributed by atoms with Crippen molar-refractivity contribution in [2.75, 3.05) is 99.9 Å². The summed E-state index contributed by atoms with van der Waals surface area (Å²) >= 11 is 0. The molecule has 0 radical (unpaired) electrons. The van der Waals surface area contributed by atoms with Crippen molar-refractivity contribution >= 4 is 84.4 Å². The van der Waals surface area contributed by atoms with Crippen molar-refractivity contribution in [1.29, 1.82) is 0 Å². The van der Waals surface area contributed by atoms with Crippen molar-refractivity contribution in [3.8, 4) is 0 Å². The van der Waals surface area contributed by atoms with Crippen molar-refractivity contribution in [1.82, 2.24) is 137 Å². The Labute approximate surface area is 504 Å². The van der Waals surface area contributed by atoms with E-state index in [-0.39, 0.29) is 19.4 Å². The molecular weight excluding hydrogens is 1190 g/mol. The van der Waals surface area contributed by atoms with Gasteiger partial charge in [0.2, 0.25) is 0 Å². The molecule has 21 heterocycles. The Bertz CT molecular complexity index is 3540. The molecule has 28 amide bonds. The van der Waals surface area contributed by atoms with Crippen molar-refractivity contribution < 1.29 is 67.1 Å². The van der Waals surface area contributed by atoms with Gasteiger partial charge in [0, 0.05) is 0 Å². The highest BCUT2D eigenvalue weighted by Crippen LogP contribution is 2.59. The third-order valence-corrected chi connectivity index (χ3v) is 24.0. The molecule has 21 rings (SSSR count). The minimum absolute atomic E-state index is 0.00559. The smallest absolute Gasteiger partial charge is 0.326 e. The van der Waals surface area contributed by atoms with Gasteiger partial charge in [-0.2, -0.15) is 0 Å². The van der Waals surface area contributed by atoms with E-state index >= 15 is 67.1 Å². The summed E-state index contributed by atoms with van der Waals surface area (Å²) in [6.07, 6.45) is -14.3. The Morgan fingerprint density at radius 2 is 0.400 bits per heavy atom. The van der Waals surface area contributed by atoms with Crippen molar-refractivity contribution in [2.24, 2.45) is 5.73 Å². The summed E-state index contributed by atoms with van der Waals surface area (Å²) in [5.41, 5.74) is 2.53. The Hall–Kier alpha value is -10.3. The molecule has 21 fully saturated rings. The van der Waals surface area contributed by atoms with Gasteiger partial charge in [-0.05, 0) is 32.7 Å². The second kappa shape index (κ2) is 14.4. The first kappa shape index (κ1) is 48.7. The summed E-state index contributed by atoms with van der Waals surface area (Å²) in [6, 6.07) is -10.1. The molecule has 0 spiro atoms. The lowest BCUT2D eigenvalue weighted by Gasteiger charge is -2.52. The monoisotopic (exact) mass is 1250 g/mol. The van der Waals surface area contributed by atoms with Gasteiger partial charge in [-0.15, -0.1) is 0 Å².